The maximum absolute atomic E-state index is 14.0. The molecule has 4 aliphatic rings. The monoisotopic (exact) mass is 746 g/mol. The summed E-state index contributed by atoms with van der Waals surface area (Å²) < 4.78 is 71.8. The number of aliphatic hydroxyl groups is 1. The van der Waals surface area contributed by atoms with Crippen LogP contribution in [0.5, 0.6) is 23.0 Å². The van der Waals surface area contributed by atoms with Gasteiger partial charge < -0.3 is 49.1 Å². The molecule has 2 fully saturated rings. The first kappa shape index (κ1) is 36.5. The molecule has 4 aliphatic heterocycles. The minimum atomic E-state index is -4.63. The maximum Gasteiger partial charge on any atom is 0.288 e. The van der Waals surface area contributed by atoms with Crippen molar-refractivity contribution in [3.05, 3.63) is 59.7 Å². The lowest BCUT2D eigenvalue weighted by Crippen LogP contribution is -2.47. The van der Waals surface area contributed by atoms with E-state index < -0.39 is 34.6 Å². The number of benzene rings is 2. The Bertz CT molecular complexity index is 1920. The molecular weight excluding hydrogens is 703 g/mol. The summed E-state index contributed by atoms with van der Waals surface area (Å²) in [6.07, 6.45) is 1.13. The quantitative estimate of drug-likeness (QED) is 0.133. The molecule has 17 heteroatoms. The van der Waals surface area contributed by atoms with Gasteiger partial charge >= 0.3 is 0 Å². The van der Waals surface area contributed by atoms with Gasteiger partial charge in [0.25, 0.3) is 21.9 Å². The van der Waals surface area contributed by atoms with Crippen LogP contribution in [-0.4, -0.2) is 129 Å². The lowest BCUT2D eigenvalue weighted by Gasteiger charge is -2.26. The number of methoxy groups -OCH3 is 2. The fraction of sp³-hybridized carbons (Fsp3) is 0.471. The van der Waals surface area contributed by atoms with Crippen LogP contribution in [0.15, 0.2) is 48.6 Å². The van der Waals surface area contributed by atoms with Crippen LogP contribution >= 0.6 is 7.14 Å². The number of hydrogen-bond donors (Lipinski definition) is 4. The number of anilines is 2. The first-order valence-corrected chi connectivity index (χ1v) is 20.3. The first-order valence-electron chi connectivity index (χ1n) is 16.5. The fourth-order valence-corrected chi connectivity index (χ4v) is 9.92. The molecule has 0 aromatic heterocycles. The summed E-state index contributed by atoms with van der Waals surface area (Å²) in [6, 6.07) is 5.35. The normalized spacial score (nSPS) is 22.4. The van der Waals surface area contributed by atoms with E-state index in [1.54, 1.807) is 12.1 Å². The Morgan fingerprint density at radius 3 is 1.98 bits per heavy atom. The Labute approximate surface area is 296 Å². The topological polar surface area (TPSA) is 193 Å². The zero-order chi connectivity index (χ0) is 36.7. The number of amides is 2. The molecule has 4 N–H and O–H groups in total. The van der Waals surface area contributed by atoms with Gasteiger partial charge in [-0.15, -0.1) is 0 Å². The molecule has 2 amide bonds. The third-order valence-corrected chi connectivity index (χ3v) is 13.8. The fourth-order valence-electron chi connectivity index (χ4n) is 7.12. The third kappa shape index (κ3) is 7.41. The van der Waals surface area contributed by atoms with Gasteiger partial charge in [0.1, 0.15) is 0 Å². The van der Waals surface area contributed by atoms with Crippen LogP contribution in [0.3, 0.4) is 0 Å². The number of nitrogens with one attached hydrogen (secondary N) is 2. The Kier molecular flexibility index (Phi) is 10.3. The number of nitrogens with zero attached hydrogens (tertiary/aromatic N) is 2. The van der Waals surface area contributed by atoms with Crippen molar-refractivity contribution in [2.45, 2.75) is 30.3 Å². The van der Waals surface area contributed by atoms with Crippen molar-refractivity contribution < 1.29 is 51.2 Å². The zero-order valence-electron chi connectivity index (χ0n) is 28.6. The standard InChI is InChI=1S/C34H43N4O11PS/c1-20-11-22-17-35-25-15-30(28(46-3)13-23(25)33(40)37(22)18-20)48-6-9-50(42,8-5-39)10-7-49-31-16-26-24(14-29(31)47-4)34(41)38-19-21(2)12-27(38)32(36-26)51(43,44)45/h13-16,22,27,32,35-36,39H,1-2,5-12,17-19H2,3-4H3,(H,43,44,45)/t22-,27-,32?,50?/m0/s1. The Morgan fingerprint density at radius 2 is 1.39 bits per heavy atom. The lowest BCUT2D eigenvalue weighted by atomic mass is 10.1. The highest BCUT2D eigenvalue weighted by Gasteiger charge is 2.46. The first-order chi connectivity index (χ1) is 24.2. The van der Waals surface area contributed by atoms with Crippen LogP contribution in [0.1, 0.15) is 33.6 Å². The summed E-state index contributed by atoms with van der Waals surface area (Å²) in [5.74, 6) is 0.505. The third-order valence-electron chi connectivity index (χ3n) is 9.76. The second-order valence-corrected chi connectivity index (χ2v) is 18.2. The van der Waals surface area contributed by atoms with Crippen molar-refractivity contribution in [2.24, 2.45) is 0 Å². The Morgan fingerprint density at radius 1 is 0.843 bits per heavy atom. The van der Waals surface area contributed by atoms with E-state index in [-0.39, 0.29) is 86.0 Å². The molecule has 51 heavy (non-hydrogen) atoms. The van der Waals surface area contributed by atoms with Gasteiger partial charge in [-0.2, -0.15) is 8.42 Å². The number of carbonyl (C=O) groups is 2. The second kappa shape index (κ2) is 14.4. The number of hydrogen-bond acceptors (Lipinski definition) is 12. The number of ether oxygens (including phenoxy) is 4. The number of rotatable bonds is 13. The molecule has 276 valence electrons. The van der Waals surface area contributed by atoms with Crippen LogP contribution in [0.4, 0.5) is 11.4 Å². The minimum absolute atomic E-state index is 0.0102. The van der Waals surface area contributed by atoms with Crippen LogP contribution in [-0.2, 0) is 14.7 Å². The molecule has 2 aromatic rings. The highest BCUT2D eigenvalue weighted by atomic mass is 32.2. The van der Waals surface area contributed by atoms with E-state index >= 15 is 0 Å². The average molecular weight is 747 g/mol. The summed E-state index contributed by atoms with van der Waals surface area (Å²) in [6.45, 7) is 8.80. The average Bonchev–Trinajstić information content (AvgIpc) is 3.60. The number of fused-ring (bicyclic) bond motifs is 4. The smallest absolute Gasteiger partial charge is 0.288 e. The minimum Gasteiger partial charge on any atom is -0.493 e. The second-order valence-electron chi connectivity index (χ2n) is 13.2. The highest BCUT2D eigenvalue weighted by molar-refractivity contribution is 7.86. The molecule has 0 bridgehead atoms. The van der Waals surface area contributed by atoms with Gasteiger partial charge in [-0.3, -0.25) is 14.1 Å². The van der Waals surface area contributed by atoms with Gasteiger partial charge in [0.05, 0.1) is 69.2 Å². The highest BCUT2D eigenvalue weighted by Crippen LogP contribution is 2.46. The van der Waals surface area contributed by atoms with Crippen LogP contribution in [0, 0.1) is 0 Å². The van der Waals surface area contributed by atoms with Gasteiger partial charge in [0.2, 0.25) is 0 Å². The van der Waals surface area contributed by atoms with E-state index in [4.69, 9.17) is 18.9 Å². The van der Waals surface area contributed by atoms with Crippen molar-refractivity contribution in [1.29, 1.82) is 0 Å². The van der Waals surface area contributed by atoms with Gasteiger partial charge in [0.15, 0.2) is 28.4 Å². The molecule has 0 aliphatic carbocycles. The molecule has 4 heterocycles. The van der Waals surface area contributed by atoms with E-state index in [1.165, 1.54) is 31.3 Å². The molecule has 2 saturated heterocycles. The number of aliphatic hydroxyl groups excluding tert-OH is 1. The summed E-state index contributed by atoms with van der Waals surface area (Å²) in [5.41, 5.74) is 3.01. The van der Waals surface area contributed by atoms with Crippen LogP contribution in [0.25, 0.3) is 0 Å². The molecule has 0 radical (unpaired) electrons. The predicted octanol–water partition coefficient (Wildman–Crippen LogP) is 3.12. The summed E-state index contributed by atoms with van der Waals surface area (Å²) in [5, 5.41) is 14.4. The maximum atomic E-state index is 14.0. The van der Waals surface area contributed by atoms with Crippen molar-refractivity contribution in [1.82, 2.24) is 9.80 Å². The zero-order valence-corrected chi connectivity index (χ0v) is 30.3. The summed E-state index contributed by atoms with van der Waals surface area (Å²) in [4.78, 5) is 30.0. The van der Waals surface area contributed by atoms with Gasteiger partial charge in [0, 0.05) is 56.9 Å². The SMILES string of the molecule is C=C1C[C@H]2CNc3cc(OCCP(=O)(CCO)CCOc4cc5c(cc4OC)C(=O)N4CC(=C)C[C@H]4C(S(=O)(=O)O)N5)c(OC)cc3C(=O)N2C1. The summed E-state index contributed by atoms with van der Waals surface area (Å²) >= 11 is 0. The summed E-state index contributed by atoms with van der Waals surface area (Å²) in [7, 11) is -4.82. The largest absolute Gasteiger partial charge is 0.493 e. The number of carbonyl (C=O) groups excluding carboxylic acids is 2. The lowest BCUT2D eigenvalue weighted by molar-refractivity contribution is 0.0740. The Balaban J connectivity index is 1.14. The van der Waals surface area contributed by atoms with E-state index in [0.29, 0.717) is 41.4 Å². The molecule has 2 aromatic carbocycles. The van der Waals surface area contributed by atoms with E-state index in [1.807, 2.05) is 4.90 Å². The van der Waals surface area contributed by atoms with Crippen LogP contribution < -0.4 is 29.6 Å². The van der Waals surface area contributed by atoms with Crippen LogP contribution in [0.2, 0.25) is 0 Å². The van der Waals surface area contributed by atoms with Crippen molar-refractivity contribution in [2.75, 3.05) is 82.8 Å². The predicted molar refractivity (Wildman–Crippen MR) is 191 cm³/mol. The van der Waals surface area contributed by atoms with Crippen molar-refractivity contribution >= 4 is 40.4 Å². The van der Waals surface area contributed by atoms with E-state index in [0.717, 1.165) is 12.0 Å². The Hall–Kier alpha value is -4.24. The molecule has 6 rings (SSSR count). The van der Waals surface area contributed by atoms with Gasteiger partial charge in [-0.1, -0.05) is 24.3 Å². The molecule has 4 atom stereocenters. The molecular formula is C34H43N4O11PS. The van der Waals surface area contributed by atoms with Crippen molar-refractivity contribution in [3.63, 3.8) is 0 Å². The molecule has 0 spiro atoms. The molecule has 0 saturated carbocycles. The van der Waals surface area contributed by atoms with E-state index in [9.17, 15) is 32.2 Å². The van der Waals surface area contributed by atoms with Gasteiger partial charge in [-0.05, 0) is 25.0 Å². The van der Waals surface area contributed by atoms with Crippen molar-refractivity contribution in [3.8, 4) is 23.0 Å². The molecule has 15 nitrogen and oxygen atoms in total. The molecule has 2 unspecified atom stereocenters. The van der Waals surface area contributed by atoms with E-state index in [2.05, 4.69) is 23.8 Å². The van der Waals surface area contributed by atoms with Gasteiger partial charge in [-0.25, -0.2) is 0 Å².